The van der Waals surface area contributed by atoms with Gasteiger partial charge in [0.25, 0.3) is 0 Å². The summed E-state index contributed by atoms with van der Waals surface area (Å²) in [6.45, 7) is 5.74. The fraction of sp³-hybridized carbons (Fsp3) is 0.320. The van der Waals surface area contributed by atoms with Crippen LogP contribution in [0.15, 0.2) is 59.7 Å². The van der Waals surface area contributed by atoms with E-state index < -0.39 is 12.2 Å². The molecule has 0 fully saturated rings. The lowest BCUT2D eigenvalue weighted by Crippen LogP contribution is -2.20. The van der Waals surface area contributed by atoms with Crippen LogP contribution < -0.4 is 4.74 Å². The molecule has 0 aromatic heterocycles. The van der Waals surface area contributed by atoms with E-state index in [0.717, 1.165) is 16.7 Å². The minimum absolute atomic E-state index is 0.114. The van der Waals surface area contributed by atoms with Gasteiger partial charge in [-0.25, -0.2) is 0 Å². The Morgan fingerprint density at radius 1 is 1.20 bits per heavy atom. The maximum absolute atomic E-state index is 12.6. The van der Waals surface area contributed by atoms with E-state index in [1.807, 2.05) is 57.2 Å². The summed E-state index contributed by atoms with van der Waals surface area (Å²) in [6, 6.07) is 10.8. The van der Waals surface area contributed by atoms with Crippen molar-refractivity contribution in [2.75, 3.05) is 0 Å². The second kappa shape index (κ2) is 9.18. The van der Waals surface area contributed by atoms with Gasteiger partial charge >= 0.3 is 0 Å². The maximum Gasteiger partial charge on any atom is 0.173 e. The summed E-state index contributed by atoms with van der Waals surface area (Å²) >= 11 is 0. The molecule has 0 saturated heterocycles. The van der Waals surface area contributed by atoms with Gasteiger partial charge in [0.1, 0.15) is 11.9 Å². The van der Waals surface area contributed by atoms with Gasteiger partial charge in [0.15, 0.2) is 17.3 Å². The first-order valence-electron chi connectivity index (χ1n) is 10.1. The molecule has 3 N–H and O–H groups in total. The number of hydrogen-bond donors (Lipinski definition) is 3. The van der Waals surface area contributed by atoms with Crippen LogP contribution in [0.25, 0.3) is 0 Å². The number of phenols is 2. The number of carbonyl (C=O) groups is 1. The zero-order valence-corrected chi connectivity index (χ0v) is 17.6. The average Bonchev–Trinajstić information content (AvgIpc) is 2.68. The molecule has 0 radical (unpaired) electrons. The van der Waals surface area contributed by atoms with Gasteiger partial charge in [-0.2, -0.15) is 0 Å². The average molecular weight is 408 g/mol. The number of phenolic OH excluding ortho intramolecular Hbond substituents is 2. The highest BCUT2D eigenvalue weighted by atomic mass is 16.5. The number of ketones is 1. The van der Waals surface area contributed by atoms with Crippen LogP contribution in [0.2, 0.25) is 0 Å². The van der Waals surface area contributed by atoms with E-state index in [1.54, 1.807) is 6.08 Å². The molecular weight excluding hydrogens is 380 g/mol. The number of benzene rings is 2. The molecule has 2 aromatic carbocycles. The van der Waals surface area contributed by atoms with Gasteiger partial charge in [-0.15, -0.1) is 0 Å². The summed E-state index contributed by atoms with van der Waals surface area (Å²) in [5, 5.41) is 31.2. The predicted molar refractivity (Wildman–Crippen MR) is 116 cm³/mol. The van der Waals surface area contributed by atoms with Crippen LogP contribution in [0, 0.1) is 0 Å². The second-order valence-electron chi connectivity index (χ2n) is 8.01. The number of rotatable bonds is 6. The Morgan fingerprint density at radius 3 is 2.57 bits per heavy atom. The number of ether oxygens (including phenoxy) is 1. The lowest BCUT2D eigenvalue weighted by molar-refractivity contribution is 0.0841. The number of Topliss-reactive ketones (excluding diaryl/α,β-unsaturated/α-hetero) is 1. The van der Waals surface area contributed by atoms with Crippen molar-refractivity contribution in [1.82, 2.24) is 0 Å². The molecule has 5 heteroatoms. The van der Waals surface area contributed by atoms with E-state index in [2.05, 4.69) is 0 Å². The van der Waals surface area contributed by atoms with Gasteiger partial charge in [0.05, 0.1) is 18.1 Å². The molecule has 2 atom stereocenters. The Kier molecular flexibility index (Phi) is 6.63. The van der Waals surface area contributed by atoms with Crippen LogP contribution in [-0.2, 0) is 6.42 Å². The highest BCUT2D eigenvalue weighted by Crippen LogP contribution is 2.46. The van der Waals surface area contributed by atoms with Crippen molar-refractivity contribution in [2.24, 2.45) is 0 Å². The molecular formula is C25H28O5. The Labute approximate surface area is 177 Å². The zero-order chi connectivity index (χ0) is 21.8. The topological polar surface area (TPSA) is 87.0 Å². The van der Waals surface area contributed by atoms with Crippen LogP contribution >= 0.6 is 0 Å². The molecule has 30 heavy (non-hydrogen) atoms. The van der Waals surface area contributed by atoms with Crippen LogP contribution in [-0.4, -0.2) is 27.2 Å². The first-order chi connectivity index (χ1) is 14.3. The molecule has 0 spiro atoms. The SMILES string of the molecule is CC(C)=C[C@H](O)CC(C)=CCc1c(O)cc2c(c1O)O[C@H](c1ccccc1)CC2=O. The second-order valence-corrected chi connectivity index (χ2v) is 8.01. The molecule has 1 aliphatic rings. The zero-order valence-electron chi connectivity index (χ0n) is 17.6. The molecule has 5 nitrogen and oxygen atoms in total. The van der Waals surface area contributed by atoms with Gasteiger partial charge in [-0.3, -0.25) is 4.79 Å². The van der Waals surface area contributed by atoms with Gasteiger partial charge in [-0.05, 0) is 45.2 Å². The summed E-state index contributed by atoms with van der Waals surface area (Å²) in [5.41, 5.74) is 3.31. The molecule has 1 aliphatic heterocycles. The number of aliphatic hydroxyl groups is 1. The van der Waals surface area contributed by atoms with Crippen molar-refractivity contribution in [3.8, 4) is 17.2 Å². The molecule has 2 aromatic rings. The smallest absolute Gasteiger partial charge is 0.173 e. The van der Waals surface area contributed by atoms with Gasteiger partial charge in [-0.1, -0.05) is 53.6 Å². The van der Waals surface area contributed by atoms with Crippen LogP contribution in [0.4, 0.5) is 0 Å². The third-order valence-electron chi connectivity index (χ3n) is 5.15. The summed E-state index contributed by atoms with van der Waals surface area (Å²) in [7, 11) is 0. The van der Waals surface area contributed by atoms with Gasteiger partial charge in [0.2, 0.25) is 0 Å². The number of hydrogen-bond acceptors (Lipinski definition) is 5. The van der Waals surface area contributed by atoms with Crippen molar-refractivity contribution in [3.63, 3.8) is 0 Å². The third kappa shape index (κ3) is 4.92. The predicted octanol–water partition coefficient (Wildman–Crippen LogP) is 5.01. The molecule has 0 bridgehead atoms. The van der Waals surface area contributed by atoms with Crippen LogP contribution in [0.1, 0.15) is 61.2 Å². The number of allylic oxidation sites excluding steroid dienone is 2. The van der Waals surface area contributed by atoms with Crippen molar-refractivity contribution < 1.29 is 24.9 Å². The first-order valence-corrected chi connectivity index (χ1v) is 10.1. The Hall–Kier alpha value is -3.05. The summed E-state index contributed by atoms with van der Waals surface area (Å²) in [6.07, 6.45) is 3.44. The highest BCUT2D eigenvalue weighted by molar-refractivity contribution is 6.01. The fourth-order valence-corrected chi connectivity index (χ4v) is 3.65. The number of aromatic hydroxyl groups is 2. The van der Waals surface area contributed by atoms with Crippen molar-refractivity contribution in [1.29, 1.82) is 0 Å². The van der Waals surface area contributed by atoms with Crippen molar-refractivity contribution >= 4 is 5.78 Å². The van der Waals surface area contributed by atoms with E-state index in [9.17, 15) is 20.1 Å². The van der Waals surface area contributed by atoms with E-state index in [-0.39, 0.29) is 41.4 Å². The van der Waals surface area contributed by atoms with Gasteiger partial charge < -0.3 is 20.1 Å². The Morgan fingerprint density at radius 2 is 1.90 bits per heavy atom. The normalized spacial score (nSPS) is 17.1. The lowest BCUT2D eigenvalue weighted by Gasteiger charge is -2.27. The standard InChI is InChI=1S/C25H28O5/c1-15(2)11-18(26)12-16(3)9-10-19-21(27)13-20-22(28)14-23(30-25(20)24(19)29)17-7-5-4-6-8-17/h4-9,11,13,18,23,26-27,29H,10,12,14H2,1-3H3/t18-,23-/m0/s1. The minimum Gasteiger partial charge on any atom is -0.507 e. The van der Waals surface area contributed by atoms with E-state index >= 15 is 0 Å². The number of carbonyl (C=O) groups excluding carboxylic acids is 1. The maximum atomic E-state index is 12.6. The molecule has 1 heterocycles. The highest BCUT2D eigenvalue weighted by Gasteiger charge is 2.32. The summed E-state index contributed by atoms with van der Waals surface area (Å²) < 4.78 is 5.98. The van der Waals surface area contributed by atoms with E-state index in [4.69, 9.17) is 4.74 Å². The summed E-state index contributed by atoms with van der Waals surface area (Å²) in [5.74, 6) is -0.425. The minimum atomic E-state index is -0.579. The molecule has 0 unspecified atom stereocenters. The van der Waals surface area contributed by atoms with Crippen molar-refractivity contribution in [2.45, 2.75) is 52.2 Å². The van der Waals surface area contributed by atoms with Crippen LogP contribution in [0.5, 0.6) is 17.2 Å². The quantitative estimate of drug-likeness (QED) is 0.585. The monoisotopic (exact) mass is 408 g/mol. The van der Waals surface area contributed by atoms with Crippen molar-refractivity contribution in [3.05, 3.63) is 76.4 Å². The van der Waals surface area contributed by atoms with E-state index in [0.29, 0.717) is 12.0 Å². The van der Waals surface area contributed by atoms with Crippen LogP contribution in [0.3, 0.4) is 0 Å². The molecule has 3 rings (SSSR count). The molecule has 158 valence electrons. The Balaban J connectivity index is 1.85. The molecule has 0 amide bonds. The largest absolute Gasteiger partial charge is 0.507 e. The van der Waals surface area contributed by atoms with Gasteiger partial charge in [0, 0.05) is 5.56 Å². The number of fused-ring (bicyclic) bond motifs is 1. The fourth-order valence-electron chi connectivity index (χ4n) is 3.65. The lowest BCUT2D eigenvalue weighted by atomic mass is 9.93. The first kappa shape index (κ1) is 21.7. The Bertz CT molecular complexity index is 984. The molecule has 0 saturated carbocycles. The number of aliphatic hydroxyl groups excluding tert-OH is 1. The third-order valence-corrected chi connectivity index (χ3v) is 5.15. The van der Waals surface area contributed by atoms with E-state index in [1.165, 1.54) is 6.07 Å². The molecule has 0 aliphatic carbocycles. The summed E-state index contributed by atoms with van der Waals surface area (Å²) in [4.78, 5) is 12.6.